The zero-order valence-electron chi connectivity index (χ0n) is 11.3. The lowest BCUT2D eigenvalue weighted by molar-refractivity contribution is -0.190. The van der Waals surface area contributed by atoms with Crippen molar-refractivity contribution in [3.8, 4) is 5.75 Å². The summed E-state index contributed by atoms with van der Waals surface area (Å²) in [6, 6.07) is 7.65. The molecule has 0 bridgehead atoms. The molecule has 0 spiro atoms. The molecular formula is C14H19NO4. The molecule has 1 aliphatic rings. The molecule has 1 unspecified atom stereocenters. The Morgan fingerprint density at radius 3 is 2.74 bits per heavy atom. The van der Waals surface area contributed by atoms with Gasteiger partial charge in [-0.2, -0.15) is 0 Å². The lowest BCUT2D eigenvalue weighted by atomic mass is 10.2. The van der Waals surface area contributed by atoms with E-state index in [2.05, 4.69) is 0 Å². The van der Waals surface area contributed by atoms with Gasteiger partial charge in [0.15, 0.2) is 11.6 Å². The minimum absolute atomic E-state index is 0.0220. The van der Waals surface area contributed by atoms with Gasteiger partial charge in [0, 0.05) is 6.54 Å². The maximum Gasteiger partial charge on any atom is 0.175 e. The minimum atomic E-state index is -1.28. The minimum Gasteiger partial charge on any atom is -0.497 e. The standard InChI is InChI=1S/C14H19NO4/c1-14(17)10-15(8-12(16)9-19-14)7-11-3-5-13(18-2)6-4-11/h3-6,17H,7-10H2,1-2H3. The van der Waals surface area contributed by atoms with Gasteiger partial charge in [0.1, 0.15) is 12.4 Å². The number of carbonyl (C=O) groups excluding carboxylic acids is 1. The second-order valence-corrected chi connectivity index (χ2v) is 5.00. The molecule has 1 aromatic rings. The van der Waals surface area contributed by atoms with Crippen LogP contribution < -0.4 is 4.74 Å². The first-order valence-corrected chi connectivity index (χ1v) is 6.22. The van der Waals surface area contributed by atoms with Crippen LogP contribution in [0.1, 0.15) is 12.5 Å². The van der Waals surface area contributed by atoms with Crippen molar-refractivity contribution in [3.63, 3.8) is 0 Å². The van der Waals surface area contributed by atoms with Crippen LogP contribution in [-0.4, -0.2) is 48.4 Å². The first-order valence-electron chi connectivity index (χ1n) is 6.22. The Bertz CT molecular complexity index is 441. The van der Waals surface area contributed by atoms with E-state index in [0.717, 1.165) is 11.3 Å². The van der Waals surface area contributed by atoms with E-state index in [0.29, 0.717) is 19.6 Å². The van der Waals surface area contributed by atoms with Gasteiger partial charge in [0.25, 0.3) is 0 Å². The average Bonchev–Trinajstić information content (AvgIpc) is 2.49. The fourth-order valence-corrected chi connectivity index (χ4v) is 2.15. The molecule has 5 nitrogen and oxygen atoms in total. The maximum absolute atomic E-state index is 11.6. The monoisotopic (exact) mass is 265 g/mol. The number of benzene rings is 1. The Morgan fingerprint density at radius 1 is 1.42 bits per heavy atom. The van der Waals surface area contributed by atoms with Crippen molar-refractivity contribution in [2.45, 2.75) is 19.3 Å². The Morgan fingerprint density at radius 2 is 2.11 bits per heavy atom. The van der Waals surface area contributed by atoms with E-state index in [9.17, 15) is 9.90 Å². The Hall–Kier alpha value is -1.43. The molecule has 1 atom stereocenters. The number of aliphatic hydroxyl groups is 1. The van der Waals surface area contributed by atoms with E-state index in [-0.39, 0.29) is 12.4 Å². The molecule has 0 aromatic heterocycles. The van der Waals surface area contributed by atoms with Crippen LogP contribution in [0.25, 0.3) is 0 Å². The van der Waals surface area contributed by atoms with Crippen LogP contribution in [0.15, 0.2) is 24.3 Å². The van der Waals surface area contributed by atoms with Crippen molar-refractivity contribution in [2.75, 3.05) is 26.8 Å². The molecule has 1 N–H and O–H groups in total. The number of methoxy groups -OCH3 is 1. The summed E-state index contributed by atoms with van der Waals surface area (Å²) in [7, 11) is 1.62. The smallest absolute Gasteiger partial charge is 0.175 e. The lowest BCUT2D eigenvalue weighted by Gasteiger charge is -2.27. The van der Waals surface area contributed by atoms with Gasteiger partial charge in [-0.15, -0.1) is 0 Å². The summed E-state index contributed by atoms with van der Waals surface area (Å²) in [6.07, 6.45) is 0. The first-order chi connectivity index (χ1) is 8.98. The van der Waals surface area contributed by atoms with Crippen LogP contribution in [0.5, 0.6) is 5.75 Å². The fraction of sp³-hybridized carbons (Fsp3) is 0.500. The quantitative estimate of drug-likeness (QED) is 0.876. The summed E-state index contributed by atoms with van der Waals surface area (Å²) in [5.74, 6) is -0.504. The summed E-state index contributed by atoms with van der Waals surface area (Å²) >= 11 is 0. The van der Waals surface area contributed by atoms with Crippen LogP contribution in [0.4, 0.5) is 0 Å². The number of nitrogens with zero attached hydrogens (tertiary/aromatic N) is 1. The highest BCUT2D eigenvalue weighted by Crippen LogP contribution is 2.17. The van der Waals surface area contributed by atoms with Crippen molar-refractivity contribution < 1.29 is 19.4 Å². The molecule has 0 radical (unpaired) electrons. The van der Waals surface area contributed by atoms with Gasteiger partial charge in [-0.3, -0.25) is 9.69 Å². The molecule has 1 aliphatic heterocycles. The first kappa shape index (κ1) is 14.0. The topological polar surface area (TPSA) is 59.0 Å². The third-order valence-corrected chi connectivity index (χ3v) is 3.03. The lowest BCUT2D eigenvalue weighted by Crippen LogP contribution is -2.40. The molecule has 0 saturated carbocycles. The van der Waals surface area contributed by atoms with E-state index in [1.165, 1.54) is 0 Å². The molecule has 1 aromatic carbocycles. The van der Waals surface area contributed by atoms with E-state index >= 15 is 0 Å². The number of β-amino-alcohol motifs (C(OH)–C–C–N with tert-alkyl or cyclic N) is 1. The molecule has 0 amide bonds. The van der Waals surface area contributed by atoms with Crippen LogP contribution in [0.2, 0.25) is 0 Å². The third-order valence-electron chi connectivity index (χ3n) is 3.03. The van der Waals surface area contributed by atoms with Crippen molar-refractivity contribution in [3.05, 3.63) is 29.8 Å². The number of carbonyl (C=O) groups is 1. The Balaban J connectivity index is 2.05. The molecule has 5 heteroatoms. The SMILES string of the molecule is COc1ccc(CN2CC(=O)COC(C)(O)C2)cc1. The zero-order valence-corrected chi connectivity index (χ0v) is 11.3. The van der Waals surface area contributed by atoms with Crippen molar-refractivity contribution in [2.24, 2.45) is 0 Å². The summed E-state index contributed by atoms with van der Waals surface area (Å²) in [6.45, 7) is 2.74. The van der Waals surface area contributed by atoms with Gasteiger partial charge in [-0.25, -0.2) is 0 Å². The third kappa shape index (κ3) is 4.02. The highest BCUT2D eigenvalue weighted by atomic mass is 16.6. The molecule has 1 heterocycles. The van der Waals surface area contributed by atoms with E-state index in [1.807, 2.05) is 29.2 Å². The summed E-state index contributed by atoms with van der Waals surface area (Å²) in [5.41, 5.74) is 1.06. The van der Waals surface area contributed by atoms with Crippen molar-refractivity contribution in [1.29, 1.82) is 0 Å². The number of ether oxygens (including phenoxy) is 2. The second-order valence-electron chi connectivity index (χ2n) is 5.00. The largest absolute Gasteiger partial charge is 0.497 e. The number of ketones is 1. The van der Waals surface area contributed by atoms with Gasteiger partial charge >= 0.3 is 0 Å². The molecule has 1 fully saturated rings. The van der Waals surface area contributed by atoms with Crippen LogP contribution >= 0.6 is 0 Å². The van der Waals surface area contributed by atoms with Crippen molar-refractivity contribution >= 4 is 5.78 Å². The van der Waals surface area contributed by atoms with Gasteiger partial charge < -0.3 is 14.6 Å². The van der Waals surface area contributed by atoms with Gasteiger partial charge in [0.05, 0.1) is 20.2 Å². The number of rotatable bonds is 3. The number of hydrogen-bond acceptors (Lipinski definition) is 5. The molecular weight excluding hydrogens is 246 g/mol. The maximum atomic E-state index is 11.6. The van der Waals surface area contributed by atoms with Crippen LogP contribution in [-0.2, 0) is 16.1 Å². The summed E-state index contributed by atoms with van der Waals surface area (Å²) in [5, 5.41) is 9.97. The van der Waals surface area contributed by atoms with Crippen LogP contribution in [0, 0.1) is 0 Å². The predicted molar refractivity (Wildman–Crippen MR) is 69.9 cm³/mol. The second kappa shape index (κ2) is 5.69. The highest BCUT2D eigenvalue weighted by molar-refractivity contribution is 5.81. The van der Waals surface area contributed by atoms with Crippen LogP contribution in [0.3, 0.4) is 0 Å². The van der Waals surface area contributed by atoms with Gasteiger partial charge in [0.2, 0.25) is 0 Å². The normalized spacial score (nSPS) is 25.1. The molecule has 19 heavy (non-hydrogen) atoms. The molecule has 1 saturated heterocycles. The Kier molecular flexibility index (Phi) is 4.19. The number of Topliss-reactive ketones (excluding diaryl/α,β-unsaturated/α-hetero) is 1. The van der Waals surface area contributed by atoms with Gasteiger partial charge in [-0.05, 0) is 24.6 Å². The van der Waals surface area contributed by atoms with E-state index < -0.39 is 5.79 Å². The molecule has 104 valence electrons. The zero-order chi connectivity index (χ0) is 13.9. The fourth-order valence-electron chi connectivity index (χ4n) is 2.15. The van der Waals surface area contributed by atoms with Crippen molar-refractivity contribution in [1.82, 2.24) is 4.90 Å². The van der Waals surface area contributed by atoms with E-state index in [4.69, 9.17) is 9.47 Å². The predicted octanol–water partition coefficient (Wildman–Crippen LogP) is 0.805. The molecule has 2 rings (SSSR count). The van der Waals surface area contributed by atoms with Gasteiger partial charge in [-0.1, -0.05) is 12.1 Å². The number of hydrogen-bond donors (Lipinski definition) is 1. The highest BCUT2D eigenvalue weighted by Gasteiger charge is 2.30. The molecule has 0 aliphatic carbocycles. The average molecular weight is 265 g/mol. The summed E-state index contributed by atoms with van der Waals surface area (Å²) in [4.78, 5) is 13.5. The Labute approximate surface area is 112 Å². The summed E-state index contributed by atoms with van der Waals surface area (Å²) < 4.78 is 10.3. The van der Waals surface area contributed by atoms with E-state index in [1.54, 1.807) is 14.0 Å².